The van der Waals surface area contributed by atoms with Crippen LogP contribution in [0.25, 0.3) is 0 Å². The van der Waals surface area contributed by atoms with Crippen LogP contribution < -0.4 is 0 Å². The van der Waals surface area contributed by atoms with Gasteiger partial charge in [0.2, 0.25) is 11.8 Å². The molecule has 2 aliphatic heterocycles. The number of benzene rings is 1. The van der Waals surface area contributed by atoms with Crippen molar-refractivity contribution >= 4 is 23.6 Å². The molecule has 0 aromatic heterocycles. The Balaban J connectivity index is 1.61. The third-order valence-electron chi connectivity index (χ3n) is 4.51. The van der Waals surface area contributed by atoms with Gasteiger partial charge in [0.1, 0.15) is 0 Å². The fraction of sp³-hybridized carbons (Fsp3) is 0.529. The van der Waals surface area contributed by atoms with Crippen LogP contribution in [-0.4, -0.2) is 54.0 Å². The van der Waals surface area contributed by atoms with Crippen LogP contribution in [0.15, 0.2) is 30.3 Å². The molecule has 2 heterocycles. The van der Waals surface area contributed by atoms with Crippen LogP contribution in [0.3, 0.4) is 0 Å². The molecule has 2 amide bonds. The molecule has 1 aromatic carbocycles. The fourth-order valence-electron chi connectivity index (χ4n) is 3.21. The molecular formula is C17H22N2O2S. The van der Waals surface area contributed by atoms with Gasteiger partial charge in [0, 0.05) is 44.1 Å². The van der Waals surface area contributed by atoms with Gasteiger partial charge in [-0.1, -0.05) is 30.3 Å². The van der Waals surface area contributed by atoms with E-state index in [4.69, 9.17) is 0 Å². The minimum absolute atomic E-state index is 0.0877. The summed E-state index contributed by atoms with van der Waals surface area (Å²) in [6, 6.07) is 10.5. The Kier molecular flexibility index (Phi) is 4.71. The summed E-state index contributed by atoms with van der Waals surface area (Å²) in [6.45, 7) is 2.16. The Bertz CT molecular complexity index is 549. The number of hydrogen-bond acceptors (Lipinski definition) is 3. The van der Waals surface area contributed by atoms with Gasteiger partial charge < -0.3 is 9.80 Å². The van der Waals surface area contributed by atoms with E-state index >= 15 is 0 Å². The lowest BCUT2D eigenvalue weighted by Gasteiger charge is -2.23. The Morgan fingerprint density at radius 1 is 1.23 bits per heavy atom. The number of amides is 2. The van der Waals surface area contributed by atoms with E-state index in [2.05, 4.69) is 24.3 Å². The van der Waals surface area contributed by atoms with Gasteiger partial charge in [0.05, 0.1) is 5.92 Å². The van der Waals surface area contributed by atoms with Crippen molar-refractivity contribution in [3.05, 3.63) is 35.9 Å². The van der Waals surface area contributed by atoms with Gasteiger partial charge in [-0.25, -0.2) is 0 Å². The molecule has 3 rings (SSSR count). The lowest BCUT2D eigenvalue weighted by Crippen LogP contribution is -2.38. The second kappa shape index (κ2) is 6.73. The van der Waals surface area contributed by atoms with Crippen LogP contribution in [0.5, 0.6) is 0 Å². The van der Waals surface area contributed by atoms with Crippen LogP contribution in [0.1, 0.15) is 23.7 Å². The lowest BCUT2D eigenvalue weighted by molar-refractivity contribution is -0.135. The molecule has 0 spiro atoms. The maximum absolute atomic E-state index is 12.6. The van der Waals surface area contributed by atoms with Crippen molar-refractivity contribution in [2.75, 3.05) is 32.4 Å². The van der Waals surface area contributed by atoms with Crippen molar-refractivity contribution < 1.29 is 9.59 Å². The zero-order valence-electron chi connectivity index (χ0n) is 12.9. The fourth-order valence-corrected chi connectivity index (χ4v) is 4.44. The molecule has 22 heavy (non-hydrogen) atoms. The van der Waals surface area contributed by atoms with Crippen LogP contribution in [0, 0.1) is 5.92 Å². The summed E-state index contributed by atoms with van der Waals surface area (Å²) in [5.41, 5.74) is 1.34. The van der Waals surface area contributed by atoms with Gasteiger partial charge in [0.15, 0.2) is 0 Å². The molecule has 2 aliphatic rings. The molecule has 0 radical (unpaired) electrons. The van der Waals surface area contributed by atoms with Gasteiger partial charge in [-0.3, -0.25) is 9.59 Å². The van der Waals surface area contributed by atoms with Crippen LogP contribution in [0.4, 0.5) is 0 Å². The first-order chi connectivity index (χ1) is 10.6. The SMILES string of the molecule is CN1CC(C(=O)N2CCSC(c3ccccc3)CC2)CC1=O. The largest absolute Gasteiger partial charge is 0.345 e. The lowest BCUT2D eigenvalue weighted by atomic mass is 10.1. The molecule has 0 N–H and O–H groups in total. The maximum Gasteiger partial charge on any atom is 0.228 e. The Labute approximate surface area is 135 Å². The average molecular weight is 318 g/mol. The molecule has 5 heteroatoms. The predicted molar refractivity (Wildman–Crippen MR) is 88.6 cm³/mol. The molecule has 2 unspecified atom stereocenters. The molecule has 2 fully saturated rings. The summed E-state index contributed by atoms with van der Waals surface area (Å²) >= 11 is 1.93. The third kappa shape index (κ3) is 3.29. The smallest absolute Gasteiger partial charge is 0.228 e. The minimum Gasteiger partial charge on any atom is -0.345 e. The second-order valence-corrected chi connectivity index (χ2v) is 7.37. The number of carbonyl (C=O) groups excluding carboxylic acids is 2. The molecule has 4 nitrogen and oxygen atoms in total. The highest BCUT2D eigenvalue weighted by atomic mass is 32.2. The van der Waals surface area contributed by atoms with Gasteiger partial charge in [-0.15, -0.1) is 0 Å². The summed E-state index contributed by atoms with van der Waals surface area (Å²) in [5, 5.41) is 0.465. The minimum atomic E-state index is -0.143. The normalized spacial score (nSPS) is 26.1. The molecule has 1 aromatic rings. The number of thioether (sulfide) groups is 1. The maximum atomic E-state index is 12.6. The topological polar surface area (TPSA) is 40.6 Å². The van der Waals surface area contributed by atoms with Gasteiger partial charge in [0.25, 0.3) is 0 Å². The monoisotopic (exact) mass is 318 g/mol. The van der Waals surface area contributed by atoms with Crippen molar-refractivity contribution in [2.45, 2.75) is 18.1 Å². The molecule has 0 saturated carbocycles. The molecule has 0 bridgehead atoms. The van der Waals surface area contributed by atoms with Crippen molar-refractivity contribution in [1.82, 2.24) is 9.80 Å². The summed E-state index contributed by atoms with van der Waals surface area (Å²) < 4.78 is 0. The molecular weight excluding hydrogens is 296 g/mol. The van der Waals surface area contributed by atoms with Gasteiger partial charge in [-0.05, 0) is 12.0 Å². The van der Waals surface area contributed by atoms with E-state index in [0.717, 1.165) is 25.3 Å². The number of hydrogen-bond donors (Lipinski definition) is 0. The zero-order valence-corrected chi connectivity index (χ0v) is 13.7. The molecule has 118 valence electrons. The van der Waals surface area contributed by atoms with Crippen LogP contribution >= 0.6 is 11.8 Å². The van der Waals surface area contributed by atoms with Gasteiger partial charge >= 0.3 is 0 Å². The van der Waals surface area contributed by atoms with Crippen LogP contribution in [0.2, 0.25) is 0 Å². The summed E-state index contributed by atoms with van der Waals surface area (Å²) in [4.78, 5) is 27.9. The van der Waals surface area contributed by atoms with E-state index < -0.39 is 0 Å². The van der Waals surface area contributed by atoms with E-state index in [0.29, 0.717) is 18.2 Å². The first-order valence-electron chi connectivity index (χ1n) is 7.84. The summed E-state index contributed by atoms with van der Waals surface area (Å²) in [7, 11) is 1.78. The number of rotatable bonds is 2. The number of likely N-dealkylation sites (tertiary alicyclic amines) is 1. The van der Waals surface area contributed by atoms with E-state index in [9.17, 15) is 9.59 Å². The van der Waals surface area contributed by atoms with Crippen molar-refractivity contribution in [2.24, 2.45) is 5.92 Å². The van der Waals surface area contributed by atoms with Crippen molar-refractivity contribution in [1.29, 1.82) is 0 Å². The van der Waals surface area contributed by atoms with Gasteiger partial charge in [-0.2, -0.15) is 11.8 Å². The summed E-state index contributed by atoms with van der Waals surface area (Å²) in [5.74, 6) is 1.06. The van der Waals surface area contributed by atoms with E-state index in [1.54, 1.807) is 11.9 Å². The number of nitrogens with zero attached hydrogens (tertiary/aromatic N) is 2. The average Bonchev–Trinajstić information content (AvgIpc) is 2.76. The molecule has 0 aliphatic carbocycles. The summed E-state index contributed by atoms with van der Waals surface area (Å²) in [6.07, 6.45) is 1.36. The second-order valence-electron chi connectivity index (χ2n) is 6.06. The zero-order chi connectivity index (χ0) is 15.5. The van der Waals surface area contributed by atoms with E-state index in [-0.39, 0.29) is 17.7 Å². The highest BCUT2D eigenvalue weighted by Gasteiger charge is 2.35. The van der Waals surface area contributed by atoms with E-state index in [1.807, 2.05) is 22.7 Å². The van der Waals surface area contributed by atoms with Crippen LogP contribution in [-0.2, 0) is 9.59 Å². The third-order valence-corrected chi connectivity index (χ3v) is 5.84. The highest BCUT2D eigenvalue weighted by molar-refractivity contribution is 7.99. The molecule has 2 saturated heterocycles. The Morgan fingerprint density at radius 3 is 2.68 bits per heavy atom. The highest BCUT2D eigenvalue weighted by Crippen LogP contribution is 2.34. The Hall–Kier alpha value is -1.49. The van der Waals surface area contributed by atoms with Crippen molar-refractivity contribution in [3.63, 3.8) is 0 Å². The first kappa shape index (κ1) is 15.4. The number of carbonyl (C=O) groups is 2. The Morgan fingerprint density at radius 2 is 2.00 bits per heavy atom. The van der Waals surface area contributed by atoms with Crippen molar-refractivity contribution in [3.8, 4) is 0 Å². The predicted octanol–water partition coefficient (Wildman–Crippen LogP) is 2.17. The quantitative estimate of drug-likeness (QED) is 0.839. The van der Waals surface area contributed by atoms with E-state index in [1.165, 1.54) is 5.56 Å². The molecule has 2 atom stereocenters. The standard InChI is InChI=1S/C17H22N2O2S/c1-18-12-14(11-16(18)20)17(21)19-8-7-15(22-10-9-19)13-5-3-2-4-6-13/h2-6,14-15H,7-12H2,1H3. The first-order valence-corrected chi connectivity index (χ1v) is 8.89.